The SMILES string of the molecule is COc1cc(N2CCN(C(=O)CNc3ncccc3C(=N)C(=N)NC=O)CC2)ccc1Cl. The van der Waals surface area contributed by atoms with Crippen molar-refractivity contribution < 1.29 is 14.3 Å². The van der Waals surface area contributed by atoms with Crippen LogP contribution in [0.1, 0.15) is 5.56 Å². The maximum absolute atomic E-state index is 12.7. The molecule has 1 aromatic heterocycles. The summed E-state index contributed by atoms with van der Waals surface area (Å²) in [5.74, 6) is 0.468. The minimum atomic E-state index is -0.350. The van der Waals surface area contributed by atoms with Crippen LogP contribution in [0, 0.1) is 10.8 Å². The number of piperazine rings is 1. The standard InChI is InChI=1S/C21H24ClN7O3/c1-32-17-11-14(4-5-16(17)22)28-7-9-29(10-8-28)18(31)12-26-21-15(3-2-6-25-21)19(23)20(24)27-13-30/h2-6,11,13,23H,7-10,12H2,1H3,(H,25,26)(H2,24,27,30). The highest BCUT2D eigenvalue weighted by molar-refractivity contribution is 6.47. The highest BCUT2D eigenvalue weighted by Gasteiger charge is 2.22. The molecule has 1 aromatic carbocycles. The van der Waals surface area contributed by atoms with Crippen LogP contribution in [0.3, 0.4) is 0 Å². The molecule has 0 spiro atoms. The molecule has 3 rings (SSSR count). The molecule has 1 saturated heterocycles. The molecule has 1 aliphatic rings. The van der Waals surface area contributed by atoms with Crippen molar-refractivity contribution in [1.82, 2.24) is 15.2 Å². The lowest BCUT2D eigenvalue weighted by molar-refractivity contribution is -0.129. The van der Waals surface area contributed by atoms with E-state index in [1.54, 1.807) is 30.2 Å². The van der Waals surface area contributed by atoms with Crippen LogP contribution in [-0.2, 0) is 9.59 Å². The molecular formula is C21H24ClN7O3. The number of pyridine rings is 1. The average Bonchev–Trinajstić information content (AvgIpc) is 2.83. The van der Waals surface area contributed by atoms with Gasteiger partial charge in [0.15, 0.2) is 5.84 Å². The van der Waals surface area contributed by atoms with Crippen molar-refractivity contribution >= 4 is 47.0 Å². The van der Waals surface area contributed by atoms with Gasteiger partial charge < -0.3 is 25.2 Å². The fraction of sp³-hybridized carbons (Fsp3) is 0.286. The summed E-state index contributed by atoms with van der Waals surface area (Å²) < 4.78 is 5.28. The fourth-order valence-corrected chi connectivity index (χ4v) is 3.54. The lowest BCUT2D eigenvalue weighted by Crippen LogP contribution is -2.50. The van der Waals surface area contributed by atoms with E-state index in [1.807, 2.05) is 12.1 Å². The zero-order valence-corrected chi connectivity index (χ0v) is 18.3. The zero-order valence-electron chi connectivity index (χ0n) is 17.5. The van der Waals surface area contributed by atoms with E-state index in [0.717, 1.165) is 5.69 Å². The Balaban J connectivity index is 1.57. The first-order chi connectivity index (χ1) is 15.4. The van der Waals surface area contributed by atoms with Crippen molar-refractivity contribution in [1.29, 1.82) is 10.8 Å². The first-order valence-corrected chi connectivity index (χ1v) is 10.3. The van der Waals surface area contributed by atoms with Gasteiger partial charge in [0.05, 0.1) is 18.7 Å². The number of carbonyl (C=O) groups is 2. The van der Waals surface area contributed by atoms with Crippen LogP contribution in [-0.4, -0.2) is 73.6 Å². The van der Waals surface area contributed by atoms with Crippen LogP contribution in [0.15, 0.2) is 36.5 Å². The number of nitrogens with zero attached hydrogens (tertiary/aromatic N) is 3. The summed E-state index contributed by atoms with van der Waals surface area (Å²) in [5.41, 5.74) is 1.10. The summed E-state index contributed by atoms with van der Waals surface area (Å²) >= 11 is 6.10. The van der Waals surface area contributed by atoms with E-state index in [0.29, 0.717) is 54.7 Å². The normalized spacial score (nSPS) is 13.3. The Kier molecular flexibility index (Phi) is 7.61. The van der Waals surface area contributed by atoms with Gasteiger partial charge in [-0.1, -0.05) is 11.6 Å². The second kappa shape index (κ2) is 10.6. The number of aromatic nitrogens is 1. The Labute approximate surface area is 190 Å². The van der Waals surface area contributed by atoms with Gasteiger partial charge in [-0.3, -0.25) is 20.4 Å². The molecule has 2 heterocycles. The molecule has 0 saturated carbocycles. The lowest BCUT2D eigenvalue weighted by Gasteiger charge is -2.36. The van der Waals surface area contributed by atoms with Crippen molar-refractivity contribution in [2.45, 2.75) is 0 Å². The van der Waals surface area contributed by atoms with Gasteiger partial charge in [0, 0.05) is 49.7 Å². The summed E-state index contributed by atoms with van der Waals surface area (Å²) in [6, 6.07) is 8.83. The molecule has 0 aliphatic carbocycles. The monoisotopic (exact) mass is 457 g/mol. The fourth-order valence-electron chi connectivity index (χ4n) is 3.34. The van der Waals surface area contributed by atoms with Crippen LogP contribution < -0.4 is 20.3 Å². The van der Waals surface area contributed by atoms with Gasteiger partial charge in [-0.05, 0) is 24.3 Å². The smallest absolute Gasteiger partial charge is 0.242 e. The van der Waals surface area contributed by atoms with Crippen LogP contribution in [0.4, 0.5) is 11.5 Å². The number of rotatable bonds is 8. The van der Waals surface area contributed by atoms with Gasteiger partial charge in [-0.25, -0.2) is 4.98 Å². The second-order valence-corrected chi connectivity index (χ2v) is 7.36. The lowest BCUT2D eigenvalue weighted by atomic mass is 10.1. The highest BCUT2D eigenvalue weighted by Crippen LogP contribution is 2.29. The van der Waals surface area contributed by atoms with Crippen LogP contribution in [0.25, 0.3) is 0 Å². The predicted molar refractivity (Wildman–Crippen MR) is 123 cm³/mol. The van der Waals surface area contributed by atoms with E-state index in [2.05, 4.69) is 20.5 Å². The first kappa shape index (κ1) is 23.0. The summed E-state index contributed by atoms with van der Waals surface area (Å²) in [4.78, 5) is 31.3. The number of amidine groups is 1. The number of nitrogens with one attached hydrogen (secondary N) is 4. The molecule has 0 radical (unpaired) electrons. The van der Waals surface area contributed by atoms with Gasteiger partial charge in [-0.15, -0.1) is 0 Å². The summed E-state index contributed by atoms with van der Waals surface area (Å²) in [6.45, 7) is 2.46. The topological polar surface area (TPSA) is 134 Å². The highest BCUT2D eigenvalue weighted by atomic mass is 35.5. The molecule has 2 aromatic rings. The van der Waals surface area contributed by atoms with E-state index in [4.69, 9.17) is 27.2 Å². The second-order valence-electron chi connectivity index (χ2n) is 6.95. The summed E-state index contributed by atoms with van der Waals surface area (Å²) in [6.07, 6.45) is 1.86. The van der Waals surface area contributed by atoms with Crippen LogP contribution >= 0.6 is 11.6 Å². The quantitative estimate of drug-likeness (QED) is 0.270. The van der Waals surface area contributed by atoms with E-state index in [1.165, 1.54) is 6.20 Å². The minimum absolute atomic E-state index is 0.000500. The van der Waals surface area contributed by atoms with E-state index >= 15 is 0 Å². The van der Waals surface area contributed by atoms with Crippen molar-refractivity contribution in [3.05, 3.63) is 47.1 Å². The van der Waals surface area contributed by atoms with Gasteiger partial charge in [-0.2, -0.15) is 0 Å². The third kappa shape index (κ3) is 5.33. The van der Waals surface area contributed by atoms with Crippen molar-refractivity contribution in [3.8, 4) is 5.75 Å². The minimum Gasteiger partial charge on any atom is -0.495 e. The number of benzene rings is 1. The van der Waals surface area contributed by atoms with Crippen LogP contribution in [0.5, 0.6) is 5.75 Å². The van der Waals surface area contributed by atoms with Crippen molar-refractivity contribution in [2.75, 3.05) is 50.1 Å². The van der Waals surface area contributed by atoms with E-state index in [9.17, 15) is 9.59 Å². The summed E-state index contributed by atoms with van der Waals surface area (Å²) in [7, 11) is 1.57. The Bertz CT molecular complexity index is 1020. The molecule has 0 atom stereocenters. The van der Waals surface area contributed by atoms with Gasteiger partial charge in [0.1, 0.15) is 17.3 Å². The van der Waals surface area contributed by atoms with Crippen molar-refractivity contribution in [3.63, 3.8) is 0 Å². The van der Waals surface area contributed by atoms with E-state index in [-0.39, 0.29) is 24.0 Å². The molecule has 1 aliphatic heterocycles. The zero-order chi connectivity index (χ0) is 23.1. The van der Waals surface area contributed by atoms with Gasteiger partial charge in [0.25, 0.3) is 0 Å². The Morgan fingerprint density at radius 2 is 2.00 bits per heavy atom. The molecule has 2 amide bonds. The van der Waals surface area contributed by atoms with Gasteiger partial charge in [0.2, 0.25) is 12.3 Å². The number of amides is 2. The number of anilines is 2. The molecule has 4 N–H and O–H groups in total. The average molecular weight is 458 g/mol. The first-order valence-electron chi connectivity index (χ1n) is 9.87. The largest absolute Gasteiger partial charge is 0.495 e. The molecule has 1 fully saturated rings. The maximum atomic E-state index is 12.7. The third-order valence-electron chi connectivity index (χ3n) is 5.07. The number of carbonyl (C=O) groups excluding carboxylic acids is 2. The molecular weight excluding hydrogens is 434 g/mol. The summed E-state index contributed by atoms with van der Waals surface area (Å²) in [5, 5.41) is 21.4. The molecule has 10 nitrogen and oxygen atoms in total. The third-order valence-corrected chi connectivity index (χ3v) is 5.38. The van der Waals surface area contributed by atoms with Crippen molar-refractivity contribution in [2.24, 2.45) is 0 Å². The number of ether oxygens (including phenoxy) is 1. The van der Waals surface area contributed by atoms with Crippen LogP contribution in [0.2, 0.25) is 5.02 Å². The Hall–Kier alpha value is -3.66. The number of methoxy groups -OCH3 is 1. The predicted octanol–water partition coefficient (Wildman–Crippen LogP) is 1.60. The molecule has 0 bridgehead atoms. The molecule has 168 valence electrons. The number of hydrogen-bond acceptors (Lipinski definition) is 8. The Morgan fingerprint density at radius 1 is 1.25 bits per heavy atom. The number of halogens is 1. The maximum Gasteiger partial charge on any atom is 0.242 e. The number of hydrogen-bond donors (Lipinski definition) is 4. The molecule has 0 unspecified atom stereocenters. The molecule has 32 heavy (non-hydrogen) atoms. The Morgan fingerprint density at radius 3 is 2.69 bits per heavy atom. The van der Waals surface area contributed by atoms with Gasteiger partial charge >= 0.3 is 0 Å². The molecule has 11 heteroatoms. The van der Waals surface area contributed by atoms with E-state index < -0.39 is 0 Å².